The van der Waals surface area contributed by atoms with Crippen molar-refractivity contribution in [1.29, 1.82) is 0 Å². The number of hydrogen-bond acceptors (Lipinski definition) is 4. The summed E-state index contributed by atoms with van der Waals surface area (Å²) in [6, 6.07) is 2.59. The molecule has 164 valence electrons. The molecule has 2 heterocycles. The fourth-order valence-corrected chi connectivity index (χ4v) is 3.87. The molecule has 1 aliphatic carbocycles. The quantitative estimate of drug-likeness (QED) is 0.716. The van der Waals surface area contributed by atoms with E-state index in [2.05, 4.69) is 20.8 Å². The molecule has 1 fully saturated rings. The Morgan fingerprint density at radius 1 is 1.13 bits per heavy atom. The van der Waals surface area contributed by atoms with E-state index in [4.69, 9.17) is 0 Å². The molecule has 8 nitrogen and oxygen atoms in total. The summed E-state index contributed by atoms with van der Waals surface area (Å²) in [5.74, 6) is -0.00529. The van der Waals surface area contributed by atoms with Gasteiger partial charge in [0.2, 0.25) is 5.91 Å². The third kappa shape index (κ3) is 4.85. The molecular weight excluding hydrogens is 394 g/mol. The number of hydrogen-bond donors (Lipinski definition) is 2. The van der Waals surface area contributed by atoms with Crippen LogP contribution in [0.1, 0.15) is 81.4 Å². The SMILES string of the molecule is CC(NC(=O)C1CCC(NC(=O)c2cccn2C(F)F)CC1)c1nncn1C(C)C. The second-order valence-corrected chi connectivity index (χ2v) is 8.02. The third-order valence-electron chi connectivity index (χ3n) is 5.56. The van der Waals surface area contributed by atoms with E-state index in [1.165, 1.54) is 18.3 Å². The van der Waals surface area contributed by atoms with Crippen LogP contribution in [0.2, 0.25) is 0 Å². The smallest absolute Gasteiger partial charge is 0.319 e. The average Bonchev–Trinajstić information content (AvgIpc) is 3.38. The standard InChI is InChI=1S/C20H28F2N6O2/c1-12(2)28-11-23-26-17(28)13(3)24-18(29)14-6-8-15(9-7-14)25-19(30)16-5-4-10-27(16)20(21)22/h4-5,10-15,20H,6-9H2,1-3H3,(H,24,29)(H,25,30). The fraction of sp³-hybridized carbons (Fsp3) is 0.600. The molecule has 3 rings (SSSR count). The molecule has 0 radical (unpaired) electrons. The minimum absolute atomic E-state index is 0.0443. The molecule has 1 atom stereocenters. The van der Waals surface area contributed by atoms with E-state index in [0.717, 1.165) is 0 Å². The molecule has 0 aromatic carbocycles. The monoisotopic (exact) mass is 422 g/mol. The summed E-state index contributed by atoms with van der Waals surface area (Å²) < 4.78 is 28.5. The van der Waals surface area contributed by atoms with Gasteiger partial charge in [-0.3, -0.25) is 14.2 Å². The highest BCUT2D eigenvalue weighted by atomic mass is 19.3. The van der Waals surface area contributed by atoms with Gasteiger partial charge in [0.25, 0.3) is 5.91 Å². The number of nitrogens with one attached hydrogen (secondary N) is 2. The highest BCUT2D eigenvalue weighted by Gasteiger charge is 2.29. The van der Waals surface area contributed by atoms with Gasteiger partial charge in [0.15, 0.2) is 5.82 Å². The summed E-state index contributed by atoms with van der Waals surface area (Å²) >= 11 is 0. The predicted molar refractivity (Wildman–Crippen MR) is 106 cm³/mol. The summed E-state index contributed by atoms with van der Waals surface area (Å²) in [6.45, 7) is 3.17. The molecule has 10 heteroatoms. The van der Waals surface area contributed by atoms with Gasteiger partial charge >= 0.3 is 6.55 Å². The Morgan fingerprint density at radius 3 is 2.47 bits per heavy atom. The molecule has 0 spiro atoms. The second kappa shape index (κ2) is 9.36. The van der Waals surface area contributed by atoms with E-state index in [1.807, 2.05) is 25.3 Å². The first-order valence-corrected chi connectivity index (χ1v) is 10.2. The summed E-state index contributed by atoms with van der Waals surface area (Å²) in [5.41, 5.74) is -0.0621. The minimum Gasteiger partial charge on any atom is -0.348 e. The Labute approximate surface area is 174 Å². The van der Waals surface area contributed by atoms with Crippen LogP contribution in [-0.4, -0.2) is 37.2 Å². The number of aromatic nitrogens is 4. The predicted octanol–water partition coefficient (Wildman–Crippen LogP) is 3.22. The molecule has 2 aromatic rings. The van der Waals surface area contributed by atoms with E-state index in [1.54, 1.807) is 6.33 Å². The van der Waals surface area contributed by atoms with Crippen LogP contribution in [0.4, 0.5) is 8.78 Å². The van der Waals surface area contributed by atoms with Crippen LogP contribution in [0.15, 0.2) is 24.7 Å². The van der Waals surface area contributed by atoms with Crippen LogP contribution in [0, 0.1) is 5.92 Å². The lowest BCUT2D eigenvalue weighted by Gasteiger charge is -2.29. The van der Waals surface area contributed by atoms with Gasteiger partial charge in [-0.2, -0.15) is 8.78 Å². The van der Waals surface area contributed by atoms with Crippen molar-refractivity contribution in [1.82, 2.24) is 30.0 Å². The summed E-state index contributed by atoms with van der Waals surface area (Å²) in [4.78, 5) is 25.0. The lowest BCUT2D eigenvalue weighted by molar-refractivity contribution is -0.126. The maximum absolute atomic E-state index is 12.9. The fourth-order valence-electron chi connectivity index (χ4n) is 3.87. The van der Waals surface area contributed by atoms with Crippen LogP contribution >= 0.6 is 0 Å². The van der Waals surface area contributed by atoms with Gasteiger partial charge in [-0.25, -0.2) is 0 Å². The Balaban J connectivity index is 1.50. The number of rotatable bonds is 7. The van der Waals surface area contributed by atoms with Crippen molar-refractivity contribution >= 4 is 11.8 Å². The van der Waals surface area contributed by atoms with Crippen molar-refractivity contribution < 1.29 is 18.4 Å². The molecule has 2 N–H and O–H groups in total. The Morgan fingerprint density at radius 2 is 1.83 bits per heavy atom. The number of alkyl halides is 2. The molecule has 2 amide bonds. The molecule has 1 saturated carbocycles. The lowest BCUT2D eigenvalue weighted by Crippen LogP contribution is -2.42. The molecular formula is C20H28F2N6O2. The van der Waals surface area contributed by atoms with Crippen LogP contribution in [-0.2, 0) is 4.79 Å². The number of carbonyl (C=O) groups is 2. The van der Waals surface area contributed by atoms with Crippen molar-refractivity contribution in [3.63, 3.8) is 0 Å². The van der Waals surface area contributed by atoms with Crippen LogP contribution in [0.3, 0.4) is 0 Å². The molecule has 2 aromatic heterocycles. The molecule has 30 heavy (non-hydrogen) atoms. The maximum Gasteiger partial charge on any atom is 0.319 e. The number of amides is 2. The van der Waals surface area contributed by atoms with Gasteiger partial charge in [-0.1, -0.05) is 0 Å². The van der Waals surface area contributed by atoms with Crippen molar-refractivity contribution in [2.24, 2.45) is 5.92 Å². The van der Waals surface area contributed by atoms with Crippen LogP contribution in [0.5, 0.6) is 0 Å². The van der Waals surface area contributed by atoms with Gasteiger partial charge < -0.3 is 15.2 Å². The largest absolute Gasteiger partial charge is 0.348 e. The van der Waals surface area contributed by atoms with Crippen molar-refractivity contribution in [3.8, 4) is 0 Å². The van der Waals surface area contributed by atoms with Gasteiger partial charge in [0, 0.05) is 24.2 Å². The zero-order chi connectivity index (χ0) is 21.8. The molecule has 1 unspecified atom stereocenters. The first kappa shape index (κ1) is 21.9. The highest BCUT2D eigenvalue weighted by molar-refractivity contribution is 5.93. The van der Waals surface area contributed by atoms with Crippen molar-refractivity contribution in [2.75, 3.05) is 0 Å². The molecule has 0 saturated heterocycles. The number of carbonyl (C=O) groups excluding carboxylic acids is 2. The topological polar surface area (TPSA) is 93.8 Å². The third-order valence-corrected chi connectivity index (χ3v) is 5.56. The minimum atomic E-state index is -2.76. The maximum atomic E-state index is 12.9. The number of nitrogens with zero attached hydrogens (tertiary/aromatic N) is 4. The Kier molecular flexibility index (Phi) is 6.84. The first-order valence-electron chi connectivity index (χ1n) is 10.2. The van der Waals surface area contributed by atoms with Crippen LogP contribution in [0.25, 0.3) is 0 Å². The second-order valence-electron chi connectivity index (χ2n) is 8.02. The Bertz CT molecular complexity index is 870. The zero-order valence-corrected chi connectivity index (χ0v) is 17.4. The summed E-state index contributed by atoms with van der Waals surface area (Å²) in [7, 11) is 0. The average molecular weight is 422 g/mol. The zero-order valence-electron chi connectivity index (χ0n) is 17.4. The normalized spacial score (nSPS) is 20.4. The molecule has 0 bridgehead atoms. The van der Waals surface area contributed by atoms with E-state index >= 15 is 0 Å². The highest BCUT2D eigenvalue weighted by Crippen LogP contribution is 2.26. The van der Waals surface area contributed by atoms with Crippen molar-refractivity contribution in [3.05, 3.63) is 36.2 Å². The lowest BCUT2D eigenvalue weighted by atomic mass is 9.85. The molecule has 1 aliphatic rings. The van der Waals surface area contributed by atoms with E-state index < -0.39 is 12.5 Å². The first-order chi connectivity index (χ1) is 14.3. The number of halogens is 2. The van der Waals surface area contributed by atoms with Crippen LogP contribution < -0.4 is 10.6 Å². The summed E-state index contributed by atoms with van der Waals surface area (Å²) in [6.07, 6.45) is 5.32. The van der Waals surface area contributed by atoms with Gasteiger partial charge in [-0.15, -0.1) is 10.2 Å². The summed E-state index contributed by atoms with van der Waals surface area (Å²) in [5, 5.41) is 13.9. The van der Waals surface area contributed by atoms with E-state index in [0.29, 0.717) is 36.1 Å². The van der Waals surface area contributed by atoms with E-state index in [-0.39, 0.29) is 35.6 Å². The van der Waals surface area contributed by atoms with Gasteiger partial charge in [0.1, 0.15) is 12.0 Å². The van der Waals surface area contributed by atoms with Crippen molar-refractivity contribution in [2.45, 2.75) is 71.1 Å². The molecule has 0 aliphatic heterocycles. The van der Waals surface area contributed by atoms with Gasteiger partial charge in [0.05, 0.1) is 6.04 Å². The Hall–Kier alpha value is -2.78. The van der Waals surface area contributed by atoms with E-state index in [9.17, 15) is 18.4 Å². The van der Waals surface area contributed by atoms with Gasteiger partial charge in [-0.05, 0) is 58.6 Å².